The fraction of sp³-hybridized carbons (Fsp3) is 0.455. The number of aromatic hydroxyl groups is 1. The summed E-state index contributed by atoms with van der Waals surface area (Å²) in [5.74, 6) is -4.66. The van der Waals surface area contributed by atoms with Gasteiger partial charge in [0.25, 0.3) is 0 Å². The fourth-order valence-corrected chi connectivity index (χ4v) is 2.08. The summed E-state index contributed by atoms with van der Waals surface area (Å²) in [6, 6.07) is 0.365. The highest BCUT2D eigenvalue weighted by atomic mass is 19.2. The van der Waals surface area contributed by atoms with Crippen LogP contribution in [0.15, 0.2) is 6.07 Å². The quantitative estimate of drug-likeness (QED) is 0.727. The molecule has 1 atom stereocenters. The van der Waals surface area contributed by atoms with Gasteiger partial charge in [0.2, 0.25) is 0 Å². The van der Waals surface area contributed by atoms with Crippen LogP contribution < -0.4 is 5.32 Å². The number of benzene rings is 1. The van der Waals surface area contributed by atoms with E-state index in [0.29, 0.717) is 19.0 Å². The number of piperidine rings is 1. The first kappa shape index (κ1) is 11.3. The van der Waals surface area contributed by atoms with E-state index in [1.165, 1.54) is 0 Å². The minimum Gasteiger partial charge on any atom is -0.505 e. The molecule has 0 aliphatic carbocycles. The average Bonchev–Trinajstić information content (AvgIpc) is 2.28. The molecule has 1 unspecified atom stereocenters. The normalized spacial score (nSPS) is 21.1. The molecule has 1 aliphatic rings. The molecule has 5 heteroatoms. The smallest absolute Gasteiger partial charge is 0.168 e. The van der Waals surface area contributed by atoms with E-state index < -0.39 is 23.2 Å². The van der Waals surface area contributed by atoms with Crippen LogP contribution in [0.25, 0.3) is 0 Å². The maximum atomic E-state index is 13.5. The van der Waals surface area contributed by atoms with Crippen LogP contribution in [0.5, 0.6) is 5.75 Å². The van der Waals surface area contributed by atoms with Crippen LogP contribution in [-0.2, 0) is 0 Å². The highest BCUT2D eigenvalue weighted by molar-refractivity contribution is 5.39. The van der Waals surface area contributed by atoms with Gasteiger partial charge in [-0.1, -0.05) is 0 Å². The van der Waals surface area contributed by atoms with Gasteiger partial charge < -0.3 is 10.4 Å². The highest BCUT2D eigenvalue weighted by Gasteiger charge is 2.26. The van der Waals surface area contributed by atoms with E-state index >= 15 is 0 Å². The second-order valence-electron chi connectivity index (χ2n) is 3.96. The molecule has 88 valence electrons. The van der Waals surface area contributed by atoms with E-state index in [0.717, 1.165) is 13.0 Å². The number of nitrogens with one attached hydrogen (secondary N) is 1. The van der Waals surface area contributed by atoms with Crippen LogP contribution in [0, 0.1) is 17.5 Å². The second kappa shape index (κ2) is 4.33. The monoisotopic (exact) mass is 231 g/mol. The zero-order chi connectivity index (χ0) is 11.7. The van der Waals surface area contributed by atoms with Gasteiger partial charge in [0.1, 0.15) is 0 Å². The third-order valence-corrected chi connectivity index (χ3v) is 2.89. The van der Waals surface area contributed by atoms with Gasteiger partial charge in [0.05, 0.1) is 0 Å². The second-order valence-corrected chi connectivity index (χ2v) is 3.96. The van der Waals surface area contributed by atoms with Crippen LogP contribution in [0.1, 0.15) is 24.3 Å². The lowest BCUT2D eigenvalue weighted by Gasteiger charge is -2.24. The Morgan fingerprint density at radius 1 is 1.25 bits per heavy atom. The molecule has 2 rings (SSSR count). The molecule has 1 heterocycles. The van der Waals surface area contributed by atoms with Gasteiger partial charge in [-0.05, 0) is 19.4 Å². The van der Waals surface area contributed by atoms with Crippen molar-refractivity contribution < 1.29 is 18.3 Å². The third kappa shape index (κ3) is 1.87. The van der Waals surface area contributed by atoms with E-state index in [-0.39, 0.29) is 11.5 Å². The molecule has 1 saturated heterocycles. The molecule has 0 aromatic heterocycles. The predicted octanol–water partition coefficient (Wildman–Crippen LogP) is 2.28. The zero-order valence-electron chi connectivity index (χ0n) is 8.56. The van der Waals surface area contributed by atoms with Crippen molar-refractivity contribution in [3.63, 3.8) is 0 Å². The lowest BCUT2D eigenvalue weighted by atomic mass is 9.90. The summed E-state index contributed by atoms with van der Waals surface area (Å²) in [7, 11) is 0. The number of halogens is 3. The number of hydrogen-bond acceptors (Lipinski definition) is 2. The van der Waals surface area contributed by atoms with E-state index in [9.17, 15) is 18.3 Å². The molecule has 0 saturated carbocycles. The molecule has 2 nitrogen and oxygen atoms in total. The van der Waals surface area contributed by atoms with Gasteiger partial charge in [-0.25, -0.2) is 13.2 Å². The first-order valence-corrected chi connectivity index (χ1v) is 5.18. The topological polar surface area (TPSA) is 32.3 Å². The molecular weight excluding hydrogens is 219 g/mol. The van der Waals surface area contributed by atoms with Gasteiger partial charge in [0.15, 0.2) is 23.2 Å². The lowest BCUT2D eigenvalue weighted by Crippen LogP contribution is -2.29. The summed E-state index contributed by atoms with van der Waals surface area (Å²) in [6.45, 7) is 1.23. The molecule has 0 amide bonds. The first-order chi connectivity index (χ1) is 7.61. The maximum Gasteiger partial charge on any atom is 0.168 e. The number of phenols is 1. The van der Waals surface area contributed by atoms with E-state index in [2.05, 4.69) is 5.32 Å². The molecule has 1 fully saturated rings. The van der Waals surface area contributed by atoms with Crippen molar-refractivity contribution in [3.05, 3.63) is 29.1 Å². The molecular formula is C11H12F3NO. The summed E-state index contributed by atoms with van der Waals surface area (Å²) in [6.07, 6.45) is 1.40. The number of rotatable bonds is 1. The van der Waals surface area contributed by atoms with Crippen molar-refractivity contribution in [1.29, 1.82) is 0 Å². The predicted molar refractivity (Wildman–Crippen MR) is 52.8 cm³/mol. The summed E-state index contributed by atoms with van der Waals surface area (Å²) in [5, 5.41) is 12.4. The Hall–Kier alpha value is -1.23. The van der Waals surface area contributed by atoms with Gasteiger partial charge in [-0.3, -0.25) is 0 Å². The van der Waals surface area contributed by atoms with Gasteiger partial charge >= 0.3 is 0 Å². The van der Waals surface area contributed by atoms with Crippen LogP contribution in [-0.4, -0.2) is 18.2 Å². The van der Waals surface area contributed by atoms with Crippen molar-refractivity contribution in [2.24, 2.45) is 0 Å². The van der Waals surface area contributed by atoms with E-state index in [1.807, 2.05) is 0 Å². The Morgan fingerprint density at radius 3 is 2.62 bits per heavy atom. The highest BCUT2D eigenvalue weighted by Crippen LogP contribution is 2.35. The average molecular weight is 231 g/mol. The van der Waals surface area contributed by atoms with E-state index in [4.69, 9.17) is 0 Å². The van der Waals surface area contributed by atoms with Gasteiger partial charge in [-0.15, -0.1) is 0 Å². The maximum absolute atomic E-state index is 13.5. The minimum absolute atomic E-state index is 0.246. The SMILES string of the molecule is Oc1c(F)cc(F)c(F)c1C1CCCNC1. The molecule has 2 N–H and O–H groups in total. The molecule has 16 heavy (non-hydrogen) atoms. The Balaban J connectivity index is 2.45. The molecule has 0 spiro atoms. The standard InChI is InChI=1S/C11H12F3NO/c12-7-4-8(13)11(16)9(10(7)14)6-2-1-3-15-5-6/h4,6,15-16H,1-3,5H2. The summed E-state index contributed by atoms with van der Waals surface area (Å²) < 4.78 is 39.6. The molecule has 0 radical (unpaired) electrons. The van der Waals surface area contributed by atoms with Crippen LogP contribution in [0.4, 0.5) is 13.2 Å². The first-order valence-electron chi connectivity index (χ1n) is 5.18. The van der Waals surface area contributed by atoms with Crippen LogP contribution >= 0.6 is 0 Å². The molecule has 1 aromatic carbocycles. The number of hydrogen-bond donors (Lipinski definition) is 2. The van der Waals surface area contributed by atoms with Crippen molar-refractivity contribution in [2.45, 2.75) is 18.8 Å². The Morgan fingerprint density at radius 2 is 2.00 bits per heavy atom. The van der Waals surface area contributed by atoms with Crippen molar-refractivity contribution in [3.8, 4) is 5.75 Å². The molecule has 1 aromatic rings. The number of phenolic OH excluding ortho intramolecular Hbond substituents is 1. The molecule has 1 aliphatic heterocycles. The zero-order valence-corrected chi connectivity index (χ0v) is 8.56. The summed E-state index contributed by atoms with van der Waals surface area (Å²) in [5.41, 5.74) is -0.246. The van der Waals surface area contributed by atoms with Crippen LogP contribution in [0.2, 0.25) is 0 Å². The Labute approximate surface area is 91.1 Å². The Kier molecular flexibility index (Phi) is 3.05. The van der Waals surface area contributed by atoms with E-state index in [1.54, 1.807) is 0 Å². The van der Waals surface area contributed by atoms with Crippen molar-refractivity contribution in [2.75, 3.05) is 13.1 Å². The van der Waals surface area contributed by atoms with Crippen LogP contribution in [0.3, 0.4) is 0 Å². The minimum atomic E-state index is -1.25. The van der Waals surface area contributed by atoms with Crippen molar-refractivity contribution >= 4 is 0 Å². The lowest BCUT2D eigenvalue weighted by molar-refractivity contribution is 0.374. The largest absolute Gasteiger partial charge is 0.505 e. The third-order valence-electron chi connectivity index (χ3n) is 2.89. The molecule has 0 bridgehead atoms. The summed E-state index contributed by atoms with van der Waals surface area (Å²) in [4.78, 5) is 0. The van der Waals surface area contributed by atoms with Crippen molar-refractivity contribution in [1.82, 2.24) is 5.32 Å². The fourth-order valence-electron chi connectivity index (χ4n) is 2.08. The van der Waals surface area contributed by atoms with Gasteiger partial charge in [0, 0.05) is 24.1 Å². The Bertz CT molecular complexity index is 376. The van der Waals surface area contributed by atoms with Gasteiger partial charge in [-0.2, -0.15) is 0 Å². The summed E-state index contributed by atoms with van der Waals surface area (Å²) >= 11 is 0.